The molecule has 1 aliphatic carbocycles. The van der Waals surface area contributed by atoms with Crippen LogP contribution in [0.25, 0.3) is 0 Å². The van der Waals surface area contributed by atoms with Crippen LogP contribution in [0.15, 0.2) is 47.4 Å². The highest BCUT2D eigenvalue weighted by Gasteiger charge is 2.25. The number of carbonyl (C=O) groups excluding carboxylic acids is 1. The van der Waals surface area contributed by atoms with Crippen molar-refractivity contribution < 1.29 is 13.2 Å². The number of nitrogens with zero attached hydrogens (tertiary/aromatic N) is 1. The Morgan fingerprint density at radius 3 is 2.33 bits per heavy atom. The highest BCUT2D eigenvalue weighted by Crippen LogP contribution is 2.28. The SMILES string of the molecule is Cc1ccc(S(=O)(=O)Nc2ccc(C(=O)N(C)C3CCCC3)cc2Cl)cc1. The van der Waals surface area contributed by atoms with E-state index < -0.39 is 10.0 Å². The van der Waals surface area contributed by atoms with Gasteiger partial charge in [0.1, 0.15) is 0 Å². The summed E-state index contributed by atoms with van der Waals surface area (Å²) in [6.45, 7) is 1.89. The summed E-state index contributed by atoms with van der Waals surface area (Å²) in [5.41, 5.74) is 1.67. The van der Waals surface area contributed by atoms with Gasteiger partial charge in [-0.2, -0.15) is 0 Å². The van der Waals surface area contributed by atoms with Crippen molar-refractivity contribution in [3.05, 3.63) is 58.6 Å². The molecular formula is C20H23ClN2O3S. The van der Waals surface area contributed by atoms with E-state index >= 15 is 0 Å². The van der Waals surface area contributed by atoms with Crippen LogP contribution in [0.3, 0.4) is 0 Å². The first-order chi connectivity index (χ1) is 12.8. The van der Waals surface area contributed by atoms with Gasteiger partial charge in [-0.25, -0.2) is 8.42 Å². The summed E-state index contributed by atoms with van der Waals surface area (Å²) in [6, 6.07) is 11.5. The lowest BCUT2D eigenvalue weighted by atomic mass is 10.1. The van der Waals surface area contributed by atoms with E-state index in [4.69, 9.17) is 11.6 Å². The summed E-state index contributed by atoms with van der Waals surface area (Å²) in [4.78, 5) is 14.6. The predicted octanol–water partition coefficient (Wildman–Crippen LogP) is 4.46. The van der Waals surface area contributed by atoms with Crippen LogP contribution in [0.2, 0.25) is 5.02 Å². The number of sulfonamides is 1. The van der Waals surface area contributed by atoms with Gasteiger partial charge in [-0.15, -0.1) is 0 Å². The van der Waals surface area contributed by atoms with Crippen molar-refractivity contribution in [2.45, 2.75) is 43.5 Å². The molecule has 0 atom stereocenters. The molecule has 144 valence electrons. The third kappa shape index (κ3) is 4.45. The van der Waals surface area contributed by atoms with Crippen molar-refractivity contribution in [2.24, 2.45) is 0 Å². The summed E-state index contributed by atoms with van der Waals surface area (Å²) in [6.07, 6.45) is 4.32. The fourth-order valence-corrected chi connectivity index (χ4v) is 4.68. The van der Waals surface area contributed by atoms with Crippen LogP contribution in [0.1, 0.15) is 41.6 Å². The third-order valence-corrected chi connectivity index (χ3v) is 6.68. The summed E-state index contributed by atoms with van der Waals surface area (Å²) >= 11 is 6.26. The largest absolute Gasteiger partial charge is 0.339 e. The smallest absolute Gasteiger partial charge is 0.261 e. The first kappa shape index (κ1) is 19.7. The number of nitrogens with one attached hydrogen (secondary N) is 1. The first-order valence-corrected chi connectivity index (χ1v) is 10.8. The number of rotatable bonds is 5. The second-order valence-corrected chi connectivity index (χ2v) is 9.06. The fourth-order valence-electron chi connectivity index (χ4n) is 3.31. The lowest BCUT2D eigenvalue weighted by molar-refractivity contribution is 0.0735. The van der Waals surface area contributed by atoms with Gasteiger partial charge in [-0.1, -0.05) is 42.1 Å². The summed E-state index contributed by atoms with van der Waals surface area (Å²) < 4.78 is 27.5. The predicted molar refractivity (Wildman–Crippen MR) is 108 cm³/mol. The summed E-state index contributed by atoms with van der Waals surface area (Å²) in [5, 5.41) is 0.191. The van der Waals surface area contributed by atoms with Gasteiger partial charge in [0.25, 0.3) is 15.9 Å². The van der Waals surface area contributed by atoms with E-state index in [1.807, 2.05) is 6.92 Å². The molecule has 1 saturated carbocycles. The highest BCUT2D eigenvalue weighted by molar-refractivity contribution is 7.92. The Bertz CT molecular complexity index is 936. The molecule has 5 nitrogen and oxygen atoms in total. The first-order valence-electron chi connectivity index (χ1n) is 8.94. The molecule has 0 aliphatic heterocycles. The number of aryl methyl sites for hydroxylation is 1. The van der Waals surface area contributed by atoms with Crippen LogP contribution in [0.5, 0.6) is 0 Å². The van der Waals surface area contributed by atoms with Gasteiger partial charge in [0, 0.05) is 18.7 Å². The van der Waals surface area contributed by atoms with Gasteiger partial charge in [-0.05, 0) is 50.1 Å². The number of amides is 1. The Labute approximate surface area is 165 Å². The zero-order valence-electron chi connectivity index (χ0n) is 15.4. The molecule has 3 rings (SSSR count). The molecule has 7 heteroatoms. The normalized spacial score (nSPS) is 14.9. The van der Waals surface area contributed by atoms with Crippen molar-refractivity contribution in [3.8, 4) is 0 Å². The number of anilines is 1. The van der Waals surface area contributed by atoms with Crippen LogP contribution in [-0.4, -0.2) is 32.3 Å². The summed E-state index contributed by atoms with van der Waals surface area (Å²) in [7, 11) is -1.94. The molecule has 1 N–H and O–H groups in total. The minimum absolute atomic E-state index is 0.100. The van der Waals surface area contributed by atoms with Crippen LogP contribution in [0, 0.1) is 6.92 Å². The molecule has 1 amide bonds. The number of benzene rings is 2. The Morgan fingerprint density at radius 1 is 1.11 bits per heavy atom. The average molecular weight is 407 g/mol. The van der Waals surface area contributed by atoms with Gasteiger partial charge < -0.3 is 4.90 Å². The number of carbonyl (C=O) groups is 1. The molecule has 1 aliphatic rings. The Balaban J connectivity index is 1.78. The third-order valence-electron chi connectivity index (χ3n) is 4.98. The van der Waals surface area contributed by atoms with Gasteiger partial charge in [0.05, 0.1) is 15.6 Å². The van der Waals surface area contributed by atoms with Crippen LogP contribution in [-0.2, 0) is 10.0 Å². The van der Waals surface area contributed by atoms with Crippen molar-refractivity contribution in [1.29, 1.82) is 0 Å². The molecule has 27 heavy (non-hydrogen) atoms. The molecule has 0 spiro atoms. The van der Waals surface area contributed by atoms with Crippen molar-refractivity contribution >= 4 is 33.2 Å². The molecule has 2 aromatic carbocycles. The van der Waals surface area contributed by atoms with Gasteiger partial charge >= 0.3 is 0 Å². The lowest BCUT2D eigenvalue weighted by Crippen LogP contribution is -2.35. The van der Waals surface area contributed by atoms with E-state index in [9.17, 15) is 13.2 Å². The number of hydrogen-bond donors (Lipinski definition) is 1. The number of halogens is 1. The van der Waals surface area contributed by atoms with E-state index in [1.165, 1.54) is 12.1 Å². The highest BCUT2D eigenvalue weighted by atomic mass is 35.5. The second-order valence-electron chi connectivity index (χ2n) is 6.97. The van der Waals surface area contributed by atoms with Crippen LogP contribution < -0.4 is 4.72 Å². The lowest BCUT2D eigenvalue weighted by Gasteiger charge is -2.24. The van der Waals surface area contributed by atoms with E-state index in [2.05, 4.69) is 4.72 Å². The zero-order chi connectivity index (χ0) is 19.6. The number of hydrogen-bond acceptors (Lipinski definition) is 3. The van der Waals surface area contributed by atoms with Crippen molar-refractivity contribution in [3.63, 3.8) is 0 Å². The van der Waals surface area contributed by atoms with E-state index in [0.29, 0.717) is 5.56 Å². The van der Waals surface area contributed by atoms with Crippen LogP contribution >= 0.6 is 11.6 Å². The van der Waals surface area contributed by atoms with Gasteiger partial charge in [0.2, 0.25) is 0 Å². The molecule has 0 saturated heterocycles. The molecule has 0 radical (unpaired) electrons. The Kier molecular flexibility index (Phi) is 5.77. The zero-order valence-corrected chi connectivity index (χ0v) is 17.0. The fraction of sp³-hybridized carbons (Fsp3) is 0.350. The minimum atomic E-state index is -3.74. The van der Waals surface area contributed by atoms with Crippen molar-refractivity contribution in [1.82, 2.24) is 4.90 Å². The maximum absolute atomic E-state index is 12.7. The molecule has 0 bridgehead atoms. The molecule has 2 aromatic rings. The second kappa shape index (κ2) is 7.90. The van der Waals surface area contributed by atoms with Gasteiger partial charge in [0.15, 0.2) is 0 Å². The molecule has 0 heterocycles. The quantitative estimate of drug-likeness (QED) is 0.796. The monoisotopic (exact) mass is 406 g/mol. The molecule has 1 fully saturated rings. The topological polar surface area (TPSA) is 66.5 Å². The summed E-state index contributed by atoms with van der Waals surface area (Å²) in [5.74, 6) is -0.100. The van der Waals surface area contributed by atoms with Crippen molar-refractivity contribution in [2.75, 3.05) is 11.8 Å². The Morgan fingerprint density at radius 2 is 1.74 bits per heavy atom. The minimum Gasteiger partial charge on any atom is -0.339 e. The van der Waals surface area contributed by atoms with E-state index in [1.54, 1.807) is 42.3 Å². The van der Waals surface area contributed by atoms with E-state index in [0.717, 1.165) is 31.2 Å². The van der Waals surface area contributed by atoms with E-state index in [-0.39, 0.29) is 27.6 Å². The molecule has 0 unspecified atom stereocenters. The Hall–Kier alpha value is -2.05. The van der Waals surface area contributed by atoms with Gasteiger partial charge in [-0.3, -0.25) is 9.52 Å². The molecular weight excluding hydrogens is 384 g/mol. The molecule has 0 aromatic heterocycles. The maximum Gasteiger partial charge on any atom is 0.261 e. The van der Waals surface area contributed by atoms with Crippen LogP contribution in [0.4, 0.5) is 5.69 Å². The standard InChI is InChI=1S/C20H23ClN2O3S/c1-14-7-10-17(11-8-14)27(25,26)22-19-12-9-15(13-18(19)21)20(24)23(2)16-5-3-4-6-16/h7-13,16,22H,3-6H2,1-2H3. The average Bonchev–Trinajstić information content (AvgIpc) is 3.17. The maximum atomic E-state index is 12.7.